The molecule has 0 aromatic carbocycles. The Labute approximate surface area is 128 Å². The molecule has 1 aliphatic heterocycles. The van der Waals surface area contributed by atoms with Crippen molar-refractivity contribution >= 4 is 29.1 Å². The van der Waals surface area contributed by atoms with E-state index in [-0.39, 0.29) is 22.7 Å². The summed E-state index contributed by atoms with van der Waals surface area (Å²) in [6, 6.07) is 0. The Hall–Kier alpha value is -2.47. The Balaban J connectivity index is 2.18. The van der Waals surface area contributed by atoms with Gasteiger partial charge in [-0.05, 0) is 0 Å². The van der Waals surface area contributed by atoms with E-state index in [2.05, 4.69) is 15.3 Å². The third kappa shape index (κ3) is 2.35. The lowest BCUT2D eigenvalue weighted by Gasteiger charge is -2.17. The molecule has 0 unspecified atom stereocenters. The number of H-pyrrole nitrogens is 1. The Kier molecular flexibility index (Phi) is 3.77. The molecule has 0 saturated carbocycles. The molecule has 11 nitrogen and oxygen atoms in total. The third-order valence-corrected chi connectivity index (χ3v) is 3.71. The van der Waals surface area contributed by atoms with E-state index in [0.29, 0.717) is 6.41 Å². The zero-order valence-electron chi connectivity index (χ0n) is 11.7. The number of nitrogen functional groups attached to an aromatic ring is 1. The number of amides is 1. The normalized spacial score (nSPS) is 27.4. The first-order valence-corrected chi connectivity index (χ1v) is 6.71. The molecule has 4 atom stereocenters. The maximum Gasteiger partial charge on any atom is 0.263 e. The first kappa shape index (κ1) is 15.4. The minimum absolute atomic E-state index is 0.0454. The number of rotatable bonds is 4. The van der Waals surface area contributed by atoms with E-state index < -0.39 is 36.7 Å². The molecule has 2 aromatic heterocycles. The van der Waals surface area contributed by atoms with Crippen molar-refractivity contribution in [3.05, 3.63) is 16.6 Å². The zero-order valence-corrected chi connectivity index (χ0v) is 11.7. The molecule has 1 saturated heterocycles. The Morgan fingerprint density at radius 1 is 1.48 bits per heavy atom. The second-order valence-electron chi connectivity index (χ2n) is 5.09. The fraction of sp³-hybridized carbons (Fsp3) is 0.417. The molecule has 3 rings (SSSR count). The van der Waals surface area contributed by atoms with Gasteiger partial charge in [-0.2, -0.15) is 4.98 Å². The van der Waals surface area contributed by atoms with Crippen LogP contribution in [-0.4, -0.2) is 61.2 Å². The van der Waals surface area contributed by atoms with Gasteiger partial charge in [-0.1, -0.05) is 0 Å². The van der Waals surface area contributed by atoms with Crippen LogP contribution < -0.4 is 16.6 Å². The largest absolute Gasteiger partial charge is 0.394 e. The molecule has 0 bridgehead atoms. The lowest BCUT2D eigenvalue weighted by molar-refractivity contribution is -0.105. The highest BCUT2D eigenvalue weighted by molar-refractivity contribution is 5.94. The molecule has 1 fully saturated rings. The number of nitrogens with zero attached hydrogens (tertiary/aromatic N) is 2. The highest BCUT2D eigenvalue weighted by Crippen LogP contribution is 2.33. The number of ether oxygens (including phenoxy) is 1. The lowest BCUT2D eigenvalue weighted by atomic mass is 10.1. The number of hydrogen-bond donors (Lipinski definition) is 6. The van der Waals surface area contributed by atoms with Gasteiger partial charge in [0.25, 0.3) is 5.56 Å². The number of nitrogens with one attached hydrogen (secondary N) is 2. The first-order chi connectivity index (χ1) is 11.0. The third-order valence-electron chi connectivity index (χ3n) is 3.71. The van der Waals surface area contributed by atoms with Crippen molar-refractivity contribution in [1.82, 2.24) is 14.5 Å². The second kappa shape index (κ2) is 5.62. The number of aliphatic hydroxyl groups excluding tert-OH is 3. The van der Waals surface area contributed by atoms with Gasteiger partial charge in [-0.15, -0.1) is 0 Å². The van der Waals surface area contributed by atoms with Crippen LogP contribution in [0.25, 0.3) is 11.0 Å². The molecule has 124 valence electrons. The molecule has 0 radical (unpaired) electrons. The van der Waals surface area contributed by atoms with Crippen LogP contribution in [0.2, 0.25) is 0 Å². The molecule has 7 N–H and O–H groups in total. The van der Waals surface area contributed by atoms with E-state index in [1.165, 1.54) is 10.8 Å². The summed E-state index contributed by atoms with van der Waals surface area (Å²) in [5.74, 6) is -0.161. The number of fused-ring (bicyclic) bond motifs is 1. The van der Waals surface area contributed by atoms with Gasteiger partial charge in [-0.25, -0.2) is 0 Å². The van der Waals surface area contributed by atoms with Gasteiger partial charge >= 0.3 is 0 Å². The van der Waals surface area contributed by atoms with E-state index in [1.807, 2.05) is 0 Å². The van der Waals surface area contributed by atoms with Crippen LogP contribution in [0.5, 0.6) is 0 Å². The standard InChI is InChI=1S/C12H15N5O6/c13-12-15-9-6(10(22)16-12)4(14-3-19)1-17(9)11-8(21)7(20)5(2-18)23-11/h1,3,5,7-8,11,18,20-21H,2H2,(H,14,19)(H3,13,15,16,22)/t5-,7-,8-,11-/m1/s1. The van der Waals surface area contributed by atoms with Gasteiger partial charge in [0.1, 0.15) is 23.7 Å². The predicted octanol–water partition coefficient (Wildman–Crippen LogP) is -2.51. The van der Waals surface area contributed by atoms with Crippen LogP contribution in [-0.2, 0) is 9.53 Å². The Morgan fingerprint density at radius 3 is 2.83 bits per heavy atom. The fourth-order valence-corrected chi connectivity index (χ4v) is 2.65. The summed E-state index contributed by atoms with van der Waals surface area (Å²) in [7, 11) is 0. The van der Waals surface area contributed by atoms with Crippen molar-refractivity contribution < 1.29 is 24.9 Å². The predicted molar refractivity (Wildman–Crippen MR) is 77.5 cm³/mol. The van der Waals surface area contributed by atoms with Gasteiger partial charge in [0.05, 0.1) is 12.3 Å². The van der Waals surface area contributed by atoms with Crippen LogP contribution >= 0.6 is 0 Å². The van der Waals surface area contributed by atoms with E-state index in [4.69, 9.17) is 15.6 Å². The Bertz CT molecular complexity index is 801. The van der Waals surface area contributed by atoms with Crippen LogP contribution in [0.1, 0.15) is 6.23 Å². The minimum atomic E-state index is -1.37. The maximum atomic E-state index is 12.1. The number of carbonyl (C=O) groups is 1. The summed E-state index contributed by atoms with van der Waals surface area (Å²) in [4.78, 5) is 29.1. The molecular weight excluding hydrogens is 310 g/mol. The van der Waals surface area contributed by atoms with Gasteiger partial charge in [0.15, 0.2) is 11.9 Å². The summed E-state index contributed by atoms with van der Waals surface area (Å²) < 4.78 is 6.68. The van der Waals surface area contributed by atoms with Crippen LogP contribution in [0, 0.1) is 0 Å². The van der Waals surface area contributed by atoms with Gasteiger partial charge < -0.3 is 35.7 Å². The number of hydrogen-bond acceptors (Lipinski definition) is 8. The van der Waals surface area contributed by atoms with E-state index in [9.17, 15) is 19.8 Å². The summed E-state index contributed by atoms with van der Waals surface area (Å²) in [6.45, 7) is -0.497. The zero-order chi connectivity index (χ0) is 16.7. The van der Waals surface area contributed by atoms with Crippen LogP contribution in [0.4, 0.5) is 11.6 Å². The monoisotopic (exact) mass is 325 g/mol. The molecule has 11 heteroatoms. The molecule has 2 aromatic rings. The van der Waals surface area contributed by atoms with E-state index >= 15 is 0 Å². The van der Waals surface area contributed by atoms with Crippen LogP contribution in [0.3, 0.4) is 0 Å². The lowest BCUT2D eigenvalue weighted by Crippen LogP contribution is -2.33. The van der Waals surface area contributed by atoms with Gasteiger partial charge in [-0.3, -0.25) is 14.6 Å². The van der Waals surface area contributed by atoms with Crippen molar-refractivity contribution in [2.75, 3.05) is 17.7 Å². The number of anilines is 2. The van der Waals surface area contributed by atoms with Crippen molar-refractivity contribution in [3.8, 4) is 0 Å². The molecule has 0 aliphatic carbocycles. The molecule has 1 aliphatic rings. The number of aromatic amines is 1. The summed E-state index contributed by atoms with van der Waals surface area (Å²) in [5, 5.41) is 31.5. The molecule has 23 heavy (non-hydrogen) atoms. The highest BCUT2D eigenvalue weighted by Gasteiger charge is 2.44. The number of carbonyl (C=O) groups excluding carboxylic acids is 1. The average molecular weight is 325 g/mol. The van der Waals surface area contributed by atoms with Crippen LogP contribution in [0.15, 0.2) is 11.0 Å². The van der Waals surface area contributed by atoms with Crippen molar-refractivity contribution in [3.63, 3.8) is 0 Å². The Morgan fingerprint density at radius 2 is 2.22 bits per heavy atom. The molecular formula is C12H15N5O6. The van der Waals surface area contributed by atoms with E-state index in [1.54, 1.807) is 0 Å². The van der Waals surface area contributed by atoms with Crippen molar-refractivity contribution in [2.24, 2.45) is 0 Å². The van der Waals surface area contributed by atoms with E-state index in [0.717, 1.165) is 0 Å². The van der Waals surface area contributed by atoms with Gasteiger partial charge in [0, 0.05) is 6.20 Å². The topological polar surface area (TPSA) is 176 Å². The average Bonchev–Trinajstić information content (AvgIpc) is 2.99. The summed E-state index contributed by atoms with van der Waals surface area (Å²) >= 11 is 0. The minimum Gasteiger partial charge on any atom is -0.394 e. The van der Waals surface area contributed by atoms with Gasteiger partial charge in [0.2, 0.25) is 12.4 Å². The number of nitrogens with two attached hydrogens (primary N) is 1. The fourth-order valence-electron chi connectivity index (χ4n) is 2.65. The number of aromatic nitrogens is 3. The molecule has 3 heterocycles. The number of aliphatic hydroxyl groups is 3. The molecule has 1 amide bonds. The van der Waals surface area contributed by atoms with Crippen molar-refractivity contribution in [1.29, 1.82) is 0 Å². The highest BCUT2D eigenvalue weighted by atomic mass is 16.6. The maximum absolute atomic E-state index is 12.1. The first-order valence-electron chi connectivity index (χ1n) is 6.71. The van der Waals surface area contributed by atoms with Crippen molar-refractivity contribution in [2.45, 2.75) is 24.5 Å². The molecule has 0 spiro atoms. The smallest absolute Gasteiger partial charge is 0.263 e. The SMILES string of the molecule is Nc1nc2c(c(NC=O)cn2[C@@H]2O[C@H](CO)[C@@H](O)[C@H]2O)c(=O)[nH]1. The second-order valence-corrected chi connectivity index (χ2v) is 5.09. The summed E-state index contributed by atoms with van der Waals surface area (Å²) in [5.41, 5.74) is 5.15. The quantitative estimate of drug-likeness (QED) is 0.334. The summed E-state index contributed by atoms with van der Waals surface area (Å²) in [6.07, 6.45) is -3.07.